The Hall–Kier alpha value is -3.54. The third-order valence-electron chi connectivity index (χ3n) is 4.72. The Bertz CT molecular complexity index is 1130. The van der Waals surface area contributed by atoms with Crippen LogP contribution >= 0.6 is 0 Å². The van der Waals surface area contributed by atoms with E-state index >= 15 is 0 Å². The highest BCUT2D eigenvalue weighted by Gasteiger charge is 2.42. The third kappa shape index (κ3) is 2.49. The van der Waals surface area contributed by atoms with Crippen molar-refractivity contribution in [3.63, 3.8) is 0 Å². The minimum Gasteiger partial charge on any atom is -0.504 e. The first-order valence-corrected chi connectivity index (χ1v) is 8.41. The van der Waals surface area contributed by atoms with Gasteiger partial charge >= 0.3 is 0 Å². The zero-order valence-electron chi connectivity index (χ0n) is 14.6. The van der Waals surface area contributed by atoms with Gasteiger partial charge in [-0.15, -0.1) is 6.58 Å². The summed E-state index contributed by atoms with van der Waals surface area (Å²) in [6.45, 7) is 3.95. The van der Waals surface area contributed by atoms with E-state index < -0.39 is 6.04 Å². The number of hydrogen-bond donors (Lipinski definition) is 1. The monoisotopic (exact) mass is 363 g/mol. The second-order valence-corrected chi connectivity index (χ2v) is 6.25. The third-order valence-corrected chi connectivity index (χ3v) is 4.72. The van der Waals surface area contributed by atoms with Gasteiger partial charge in [-0.25, -0.2) is 0 Å². The molecular formula is C21H17NO5. The number of para-hydroxylation sites is 1. The largest absolute Gasteiger partial charge is 0.504 e. The Morgan fingerprint density at radius 1 is 1.26 bits per heavy atom. The molecule has 6 nitrogen and oxygen atoms in total. The Kier molecular flexibility index (Phi) is 3.96. The van der Waals surface area contributed by atoms with Crippen LogP contribution in [0.2, 0.25) is 0 Å². The van der Waals surface area contributed by atoms with Gasteiger partial charge in [0, 0.05) is 6.54 Å². The van der Waals surface area contributed by atoms with Gasteiger partial charge in [0.05, 0.1) is 24.1 Å². The van der Waals surface area contributed by atoms with Crippen molar-refractivity contribution in [3.05, 3.63) is 82.2 Å². The zero-order chi connectivity index (χ0) is 19.1. The van der Waals surface area contributed by atoms with Crippen LogP contribution in [0.25, 0.3) is 11.0 Å². The number of amides is 1. The summed E-state index contributed by atoms with van der Waals surface area (Å²) in [5, 5.41) is 10.3. The van der Waals surface area contributed by atoms with Crippen molar-refractivity contribution < 1.29 is 19.1 Å². The minimum absolute atomic E-state index is 0.0217. The van der Waals surface area contributed by atoms with Crippen LogP contribution in [0.15, 0.2) is 64.3 Å². The van der Waals surface area contributed by atoms with Gasteiger partial charge in [0.1, 0.15) is 5.58 Å². The van der Waals surface area contributed by atoms with Gasteiger partial charge in [0.15, 0.2) is 16.9 Å². The molecular weight excluding hydrogens is 346 g/mol. The van der Waals surface area contributed by atoms with Crippen LogP contribution in [0.5, 0.6) is 11.5 Å². The number of ether oxygens (including phenoxy) is 1. The van der Waals surface area contributed by atoms with E-state index in [1.165, 1.54) is 18.1 Å². The Morgan fingerprint density at radius 3 is 2.78 bits per heavy atom. The Labute approximate surface area is 154 Å². The van der Waals surface area contributed by atoms with Crippen LogP contribution in [0.1, 0.15) is 27.7 Å². The van der Waals surface area contributed by atoms with Crippen LogP contribution in [0.4, 0.5) is 0 Å². The van der Waals surface area contributed by atoms with Crippen molar-refractivity contribution >= 4 is 16.9 Å². The van der Waals surface area contributed by atoms with Gasteiger partial charge in [-0.05, 0) is 29.8 Å². The molecule has 1 amide bonds. The minimum atomic E-state index is -0.652. The molecule has 27 heavy (non-hydrogen) atoms. The lowest BCUT2D eigenvalue weighted by atomic mass is 9.98. The lowest BCUT2D eigenvalue weighted by Crippen LogP contribution is -2.29. The van der Waals surface area contributed by atoms with Gasteiger partial charge in [0.25, 0.3) is 5.91 Å². The van der Waals surface area contributed by atoms with Crippen molar-refractivity contribution in [2.24, 2.45) is 0 Å². The first-order chi connectivity index (χ1) is 13.1. The molecule has 0 saturated heterocycles. The quantitative estimate of drug-likeness (QED) is 0.720. The first-order valence-electron chi connectivity index (χ1n) is 8.41. The highest BCUT2D eigenvalue weighted by Crippen LogP contribution is 2.40. The van der Waals surface area contributed by atoms with E-state index in [9.17, 15) is 14.7 Å². The highest BCUT2D eigenvalue weighted by atomic mass is 16.5. The maximum absolute atomic E-state index is 13.2. The van der Waals surface area contributed by atoms with E-state index in [-0.39, 0.29) is 40.7 Å². The number of rotatable bonds is 4. The summed E-state index contributed by atoms with van der Waals surface area (Å²) < 4.78 is 11.0. The molecule has 3 aromatic rings. The number of carbonyl (C=O) groups is 1. The Morgan fingerprint density at radius 2 is 2.04 bits per heavy atom. The number of nitrogens with zero attached hydrogens (tertiary/aromatic N) is 1. The fraction of sp³-hybridized carbons (Fsp3) is 0.143. The molecule has 0 bridgehead atoms. The van der Waals surface area contributed by atoms with Crippen molar-refractivity contribution in [3.8, 4) is 11.5 Å². The van der Waals surface area contributed by atoms with E-state index in [0.29, 0.717) is 16.5 Å². The SMILES string of the molecule is C=CCN1C(=O)c2oc3ccccc3c(=O)c2[C@@H]1c1ccc(O)c(OC)c1. The number of fused-ring (bicyclic) bond motifs is 2. The lowest BCUT2D eigenvalue weighted by molar-refractivity contribution is 0.0748. The predicted octanol–water partition coefficient (Wildman–Crippen LogP) is 3.24. The lowest BCUT2D eigenvalue weighted by Gasteiger charge is -2.24. The molecule has 6 heteroatoms. The van der Waals surface area contributed by atoms with Gasteiger partial charge in [0.2, 0.25) is 5.76 Å². The van der Waals surface area contributed by atoms with Gasteiger partial charge in [-0.1, -0.05) is 24.3 Å². The maximum Gasteiger partial charge on any atom is 0.291 e. The molecule has 1 aromatic heterocycles. The summed E-state index contributed by atoms with van der Waals surface area (Å²) in [5.74, 6) is -0.0915. The number of carbonyl (C=O) groups excluding carboxylic acids is 1. The molecule has 1 aliphatic heterocycles. The number of phenolic OH excluding ortho intramolecular Hbond substituents is 1. The molecule has 0 spiro atoms. The van der Waals surface area contributed by atoms with Gasteiger partial charge in [-0.3, -0.25) is 9.59 Å². The smallest absolute Gasteiger partial charge is 0.291 e. The molecule has 1 N–H and O–H groups in total. The molecule has 0 aliphatic carbocycles. The molecule has 2 heterocycles. The van der Waals surface area contributed by atoms with Crippen molar-refractivity contribution in [1.82, 2.24) is 4.90 Å². The summed E-state index contributed by atoms with van der Waals surface area (Å²) in [4.78, 5) is 27.6. The topological polar surface area (TPSA) is 80.0 Å². The van der Waals surface area contributed by atoms with Crippen molar-refractivity contribution in [2.45, 2.75) is 6.04 Å². The average molecular weight is 363 g/mol. The van der Waals surface area contributed by atoms with Gasteiger partial charge in [-0.2, -0.15) is 0 Å². The molecule has 1 atom stereocenters. The first kappa shape index (κ1) is 16.9. The Balaban J connectivity index is 2.01. The number of benzene rings is 2. The second-order valence-electron chi connectivity index (χ2n) is 6.25. The van der Waals surface area contributed by atoms with E-state index in [1.54, 1.807) is 42.5 Å². The van der Waals surface area contributed by atoms with Crippen LogP contribution in [-0.2, 0) is 0 Å². The molecule has 0 radical (unpaired) electrons. The van der Waals surface area contributed by atoms with E-state index in [2.05, 4.69) is 6.58 Å². The number of aromatic hydroxyl groups is 1. The number of phenols is 1. The van der Waals surface area contributed by atoms with E-state index in [1.807, 2.05) is 0 Å². The van der Waals surface area contributed by atoms with Crippen LogP contribution < -0.4 is 10.2 Å². The fourth-order valence-electron chi connectivity index (χ4n) is 3.51. The molecule has 4 rings (SSSR count). The molecule has 0 unspecified atom stereocenters. The average Bonchev–Trinajstić information content (AvgIpc) is 2.95. The summed E-state index contributed by atoms with van der Waals surface area (Å²) in [7, 11) is 1.44. The molecule has 136 valence electrons. The van der Waals surface area contributed by atoms with Crippen LogP contribution in [0, 0.1) is 0 Å². The summed E-state index contributed by atoms with van der Waals surface area (Å²) in [6, 6.07) is 11.0. The van der Waals surface area contributed by atoms with Crippen LogP contribution in [0.3, 0.4) is 0 Å². The second kappa shape index (κ2) is 6.32. The maximum atomic E-state index is 13.2. The molecule has 2 aromatic carbocycles. The molecule has 0 saturated carbocycles. The van der Waals surface area contributed by atoms with Crippen molar-refractivity contribution in [1.29, 1.82) is 0 Å². The van der Waals surface area contributed by atoms with Gasteiger partial charge < -0.3 is 19.2 Å². The highest BCUT2D eigenvalue weighted by molar-refractivity contribution is 5.99. The molecule has 1 aliphatic rings. The summed E-state index contributed by atoms with van der Waals surface area (Å²) >= 11 is 0. The number of hydrogen-bond acceptors (Lipinski definition) is 5. The fourth-order valence-corrected chi connectivity index (χ4v) is 3.51. The van der Waals surface area contributed by atoms with E-state index in [0.717, 1.165) is 0 Å². The summed E-state index contributed by atoms with van der Waals surface area (Å²) in [6.07, 6.45) is 1.60. The number of methoxy groups -OCH3 is 1. The van der Waals surface area contributed by atoms with Crippen LogP contribution in [-0.4, -0.2) is 29.6 Å². The van der Waals surface area contributed by atoms with Crippen molar-refractivity contribution in [2.75, 3.05) is 13.7 Å². The summed E-state index contributed by atoms with van der Waals surface area (Å²) in [5.41, 5.74) is 1.05. The predicted molar refractivity (Wildman–Crippen MR) is 100 cm³/mol. The zero-order valence-corrected chi connectivity index (χ0v) is 14.6. The van der Waals surface area contributed by atoms with E-state index in [4.69, 9.17) is 9.15 Å². The standard InChI is InChI=1S/C21H17NO5/c1-3-10-22-18(12-8-9-14(23)16(11-12)26-2)17-19(24)13-6-4-5-7-15(13)27-20(17)21(22)25/h3-9,11,18,23H,1,10H2,2H3/t18-/m0/s1. The molecule has 0 fully saturated rings. The normalized spacial score (nSPS) is 15.8.